The molecule has 2 aromatic carbocycles. The predicted octanol–water partition coefficient (Wildman–Crippen LogP) is 2.38. The molecule has 49 heavy (non-hydrogen) atoms. The number of nitrogens with one attached hydrogen (secondary N) is 3. The molecular formula is C37H46N6O6. The Balaban J connectivity index is 1.65. The molecule has 3 N–H and O–H groups in total. The number of fused-ring (bicyclic) bond motifs is 1. The van der Waals surface area contributed by atoms with Crippen LogP contribution in [-0.2, 0) is 32.0 Å². The molecule has 0 saturated carbocycles. The van der Waals surface area contributed by atoms with E-state index in [1.807, 2.05) is 56.3 Å². The Bertz CT molecular complexity index is 1580. The SMILES string of the molecule is CC(C)C[C@H]1C(=O)N(C)CC(=O)N[C@H](Cc2ccccc2)COc2ccccc2C(=O)N[C@H](C(=O)NCCc2ccncc2)CC(=O)N1C. The van der Waals surface area contributed by atoms with Crippen LogP contribution < -0.4 is 20.7 Å². The summed E-state index contributed by atoms with van der Waals surface area (Å²) in [6.07, 6.45) is 4.23. The lowest BCUT2D eigenvalue weighted by molar-refractivity contribution is -0.146. The number of hydrogen-bond donors (Lipinski definition) is 3. The first kappa shape index (κ1) is 36.6. The van der Waals surface area contributed by atoms with E-state index in [4.69, 9.17) is 4.74 Å². The predicted molar refractivity (Wildman–Crippen MR) is 184 cm³/mol. The highest BCUT2D eigenvalue weighted by molar-refractivity contribution is 6.01. The summed E-state index contributed by atoms with van der Waals surface area (Å²) in [6.45, 7) is 3.93. The Kier molecular flexibility index (Phi) is 13.3. The average molecular weight is 671 g/mol. The number of para-hydroxylation sites is 1. The Morgan fingerprint density at radius 1 is 0.939 bits per heavy atom. The topological polar surface area (TPSA) is 150 Å². The molecule has 0 aliphatic carbocycles. The fourth-order valence-corrected chi connectivity index (χ4v) is 5.65. The molecule has 1 aliphatic rings. The third-order valence-electron chi connectivity index (χ3n) is 8.32. The van der Waals surface area contributed by atoms with Crippen LogP contribution in [0.2, 0.25) is 0 Å². The first-order valence-electron chi connectivity index (χ1n) is 16.5. The largest absolute Gasteiger partial charge is 0.491 e. The molecule has 12 heteroatoms. The monoisotopic (exact) mass is 670 g/mol. The molecule has 1 aliphatic heterocycles. The number of benzene rings is 2. The maximum absolute atomic E-state index is 13.8. The summed E-state index contributed by atoms with van der Waals surface area (Å²) in [7, 11) is 3.04. The van der Waals surface area contributed by atoms with Crippen LogP contribution in [0.15, 0.2) is 79.1 Å². The standard InChI is InChI=1S/C37H46N6O6/c1-25(2)20-31-37(48)42(3)23-33(44)40-28(21-27-10-6-5-7-11-27)24-49-32-13-9-8-12-29(32)35(46)41-30(22-34(45)43(31)4)36(47)39-19-16-26-14-17-38-18-15-26/h5-15,17-18,25,28,30-31H,16,19-24H2,1-4H3,(H,39,47)(H,40,44)(H,41,46)/t28-,30+,31+/m1/s1. The van der Waals surface area contributed by atoms with Gasteiger partial charge in [0.05, 0.1) is 24.6 Å². The normalized spacial score (nSPS) is 19.7. The van der Waals surface area contributed by atoms with Gasteiger partial charge in [0.25, 0.3) is 5.91 Å². The van der Waals surface area contributed by atoms with Gasteiger partial charge in [0, 0.05) is 33.0 Å². The van der Waals surface area contributed by atoms with E-state index >= 15 is 0 Å². The maximum Gasteiger partial charge on any atom is 0.255 e. The molecule has 5 amide bonds. The number of likely N-dealkylation sites (N-methyl/N-ethyl adjacent to an activating group) is 2. The summed E-state index contributed by atoms with van der Waals surface area (Å²) in [6, 6.07) is 17.2. The van der Waals surface area contributed by atoms with E-state index in [2.05, 4.69) is 20.9 Å². The average Bonchev–Trinajstić information content (AvgIpc) is 3.09. The molecule has 12 nitrogen and oxygen atoms in total. The molecule has 4 rings (SSSR count). The van der Waals surface area contributed by atoms with Crippen molar-refractivity contribution in [1.82, 2.24) is 30.7 Å². The Morgan fingerprint density at radius 3 is 2.35 bits per heavy atom. The lowest BCUT2D eigenvalue weighted by Gasteiger charge is -2.32. The molecule has 0 fully saturated rings. The molecule has 1 aromatic heterocycles. The van der Waals surface area contributed by atoms with Crippen LogP contribution >= 0.6 is 0 Å². The number of rotatable bonds is 8. The van der Waals surface area contributed by atoms with Crippen LogP contribution in [0.1, 0.15) is 48.2 Å². The number of carbonyl (C=O) groups excluding carboxylic acids is 5. The minimum Gasteiger partial charge on any atom is -0.491 e. The van der Waals surface area contributed by atoms with Crippen LogP contribution in [0.5, 0.6) is 5.75 Å². The maximum atomic E-state index is 13.8. The molecule has 0 radical (unpaired) electrons. The van der Waals surface area contributed by atoms with Crippen LogP contribution in [0.3, 0.4) is 0 Å². The second kappa shape index (κ2) is 17.8. The van der Waals surface area contributed by atoms with Gasteiger partial charge in [-0.05, 0) is 60.6 Å². The minimum atomic E-state index is -1.25. The van der Waals surface area contributed by atoms with Gasteiger partial charge in [-0.15, -0.1) is 0 Å². The van der Waals surface area contributed by atoms with E-state index in [1.165, 1.54) is 23.9 Å². The van der Waals surface area contributed by atoms with Crippen LogP contribution in [-0.4, -0.2) is 96.2 Å². The molecule has 0 spiro atoms. The van der Waals surface area contributed by atoms with Gasteiger partial charge in [-0.2, -0.15) is 0 Å². The first-order valence-corrected chi connectivity index (χ1v) is 16.5. The summed E-state index contributed by atoms with van der Waals surface area (Å²) >= 11 is 0. The van der Waals surface area contributed by atoms with Gasteiger partial charge in [0.15, 0.2) is 0 Å². The summed E-state index contributed by atoms with van der Waals surface area (Å²) in [5, 5.41) is 8.57. The number of aromatic nitrogens is 1. The number of carbonyl (C=O) groups is 5. The number of hydrogen-bond acceptors (Lipinski definition) is 7. The lowest BCUT2D eigenvalue weighted by Crippen LogP contribution is -2.54. The fourth-order valence-electron chi connectivity index (χ4n) is 5.65. The van der Waals surface area contributed by atoms with Gasteiger partial charge in [0.1, 0.15) is 24.4 Å². The van der Waals surface area contributed by atoms with E-state index in [0.717, 1.165) is 11.1 Å². The van der Waals surface area contributed by atoms with Gasteiger partial charge in [-0.25, -0.2) is 0 Å². The van der Waals surface area contributed by atoms with Gasteiger partial charge >= 0.3 is 0 Å². The summed E-state index contributed by atoms with van der Waals surface area (Å²) in [5.74, 6) is -2.17. The molecule has 2 heterocycles. The smallest absolute Gasteiger partial charge is 0.255 e. The number of amides is 5. The minimum absolute atomic E-state index is 0.0265. The van der Waals surface area contributed by atoms with E-state index in [-0.39, 0.29) is 36.9 Å². The second-order valence-electron chi connectivity index (χ2n) is 12.7. The van der Waals surface area contributed by atoms with E-state index in [9.17, 15) is 24.0 Å². The molecule has 0 unspecified atom stereocenters. The molecule has 260 valence electrons. The van der Waals surface area contributed by atoms with Gasteiger partial charge < -0.3 is 30.5 Å². The Hall–Kier alpha value is -5.26. The zero-order chi connectivity index (χ0) is 35.3. The number of nitrogens with zero attached hydrogens (tertiary/aromatic N) is 3. The summed E-state index contributed by atoms with van der Waals surface area (Å²) in [5.41, 5.74) is 2.10. The highest BCUT2D eigenvalue weighted by Crippen LogP contribution is 2.20. The number of ether oxygens (including phenoxy) is 1. The number of pyridine rings is 1. The molecular weight excluding hydrogens is 624 g/mol. The fraction of sp³-hybridized carbons (Fsp3) is 0.405. The zero-order valence-corrected chi connectivity index (χ0v) is 28.6. The van der Waals surface area contributed by atoms with Crippen molar-refractivity contribution < 1.29 is 28.7 Å². The van der Waals surface area contributed by atoms with E-state index in [0.29, 0.717) is 19.3 Å². The summed E-state index contributed by atoms with van der Waals surface area (Å²) in [4.78, 5) is 74.8. The van der Waals surface area contributed by atoms with Gasteiger partial charge in [-0.3, -0.25) is 29.0 Å². The molecule has 3 aromatic rings. The molecule has 0 saturated heterocycles. The van der Waals surface area contributed by atoms with Crippen molar-refractivity contribution in [3.63, 3.8) is 0 Å². The third-order valence-corrected chi connectivity index (χ3v) is 8.32. The van der Waals surface area contributed by atoms with E-state index in [1.54, 1.807) is 36.7 Å². The quantitative estimate of drug-likeness (QED) is 0.333. The van der Waals surface area contributed by atoms with Crippen molar-refractivity contribution in [3.8, 4) is 5.75 Å². The van der Waals surface area contributed by atoms with Crippen molar-refractivity contribution in [2.24, 2.45) is 5.92 Å². The Labute approximate surface area is 287 Å². The lowest BCUT2D eigenvalue weighted by atomic mass is 10.0. The highest BCUT2D eigenvalue weighted by Gasteiger charge is 2.34. The van der Waals surface area contributed by atoms with Crippen LogP contribution in [0.4, 0.5) is 0 Å². The molecule has 0 bridgehead atoms. The highest BCUT2D eigenvalue weighted by atomic mass is 16.5. The van der Waals surface area contributed by atoms with Crippen molar-refractivity contribution in [2.45, 2.75) is 57.7 Å². The molecule has 3 atom stereocenters. The van der Waals surface area contributed by atoms with Crippen molar-refractivity contribution in [2.75, 3.05) is 33.8 Å². The zero-order valence-electron chi connectivity index (χ0n) is 28.6. The summed E-state index contributed by atoms with van der Waals surface area (Å²) < 4.78 is 6.14. The van der Waals surface area contributed by atoms with Gasteiger partial charge in [-0.1, -0.05) is 56.3 Å². The first-order chi connectivity index (χ1) is 23.5. The second-order valence-corrected chi connectivity index (χ2v) is 12.7. The van der Waals surface area contributed by atoms with Crippen LogP contribution in [0.25, 0.3) is 0 Å². The Morgan fingerprint density at radius 2 is 1.63 bits per heavy atom. The van der Waals surface area contributed by atoms with Gasteiger partial charge in [0.2, 0.25) is 23.6 Å². The van der Waals surface area contributed by atoms with E-state index < -0.39 is 54.1 Å². The third kappa shape index (κ3) is 10.9. The van der Waals surface area contributed by atoms with Crippen molar-refractivity contribution in [1.29, 1.82) is 0 Å². The van der Waals surface area contributed by atoms with Crippen LogP contribution in [0, 0.1) is 5.92 Å². The van der Waals surface area contributed by atoms with Crippen molar-refractivity contribution in [3.05, 3.63) is 95.8 Å². The van der Waals surface area contributed by atoms with Crippen molar-refractivity contribution >= 4 is 29.5 Å².